The van der Waals surface area contributed by atoms with Gasteiger partial charge in [-0.05, 0) is 11.5 Å². The van der Waals surface area contributed by atoms with Gasteiger partial charge in [0, 0.05) is 24.0 Å². The largest absolute Gasteiger partial charge is 0.493 e. The van der Waals surface area contributed by atoms with E-state index in [0.717, 1.165) is 29.6 Å². The lowest BCUT2D eigenvalue weighted by atomic mass is 9.76. The summed E-state index contributed by atoms with van der Waals surface area (Å²) in [7, 11) is -0.254. The molecule has 5 heteroatoms. The van der Waals surface area contributed by atoms with Crippen LogP contribution in [-0.2, 0) is 9.31 Å². The van der Waals surface area contributed by atoms with Crippen molar-refractivity contribution in [2.45, 2.75) is 13.8 Å². The van der Waals surface area contributed by atoms with Gasteiger partial charge >= 0.3 is 7.12 Å². The van der Waals surface area contributed by atoms with E-state index < -0.39 is 0 Å². The van der Waals surface area contributed by atoms with Crippen molar-refractivity contribution in [2.75, 3.05) is 13.2 Å². The zero-order valence-electron chi connectivity index (χ0n) is 10.1. The van der Waals surface area contributed by atoms with E-state index in [-0.39, 0.29) is 12.5 Å². The van der Waals surface area contributed by atoms with Gasteiger partial charge in [0.2, 0.25) is 0 Å². The van der Waals surface area contributed by atoms with E-state index in [0.29, 0.717) is 0 Å². The minimum atomic E-state index is -0.254. The van der Waals surface area contributed by atoms with Crippen LogP contribution in [-0.4, -0.2) is 30.5 Å². The maximum atomic E-state index is 5.75. The van der Waals surface area contributed by atoms with Crippen molar-refractivity contribution in [2.24, 2.45) is 5.41 Å². The predicted molar refractivity (Wildman–Crippen MR) is 67.2 cm³/mol. The Kier molecular flexibility index (Phi) is 2.45. The van der Waals surface area contributed by atoms with Crippen molar-refractivity contribution in [3.8, 4) is 0 Å². The Bertz CT molecular complexity index is 528. The Balaban J connectivity index is 1.84. The first-order valence-corrected chi connectivity index (χ1v) is 5.80. The number of aromatic nitrogens is 2. The summed E-state index contributed by atoms with van der Waals surface area (Å²) in [5.41, 5.74) is 2.16. The van der Waals surface area contributed by atoms with Gasteiger partial charge in [0.05, 0.1) is 11.7 Å². The van der Waals surface area contributed by atoms with E-state index in [9.17, 15) is 0 Å². The molecule has 1 aromatic carbocycles. The van der Waals surface area contributed by atoms with Crippen molar-refractivity contribution in [1.29, 1.82) is 0 Å². The molecule has 0 spiro atoms. The molecule has 3 rings (SSSR count). The van der Waals surface area contributed by atoms with Crippen LogP contribution in [0.3, 0.4) is 0 Å². The van der Waals surface area contributed by atoms with Crippen LogP contribution in [0.5, 0.6) is 0 Å². The Morgan fingerprint density at radius 2 is 2.06 bits per heavy atom. The highest BCUT2D eigenvalue weighted by atomic mass is 16.6. The number of rotatable bonds is 1. The third kappa shape index (κ3) is 2.08. The maximum Gasteiger partial charge on any atom is 0.493 e. The fourth-order valence-corrected chi connectivity index (χ4v) is 1.99. The van der Waals surface area contributed by atoms with E-state index in [1.54, 1.807) is 0 Å². The molecule has 1 aliphatic heterocycles. The first-order valence-electron chi connectivity index (χ1n) is 5.80. The molecule has 0 unspecified atom stereocenters. The molecule has 88 valence electrons. The molecule has 17 heavy (non-hydrogen) atoms. The zero-order valence-corrected chi connectivity index (χ0v) is 10.1. The maximum absolute atomic E-state index is 5.75. The second-order valence-corrected chi connectivity index (χ2v) is 5.33. The summed E-state index contributed by atoms with van der Waals surface area (Å²) in [6, 6.07) is 6.09. The number of aromatic amines is 1. The van der Waals surface area contributed by atoms with E-state index >= 15 is 0 Å². The van der Waals surface area contributed by atoms with Gasteiger partial charge in [-0.2, -0.15) is 5.10 Å². The van der Waals surface area contributed by atoms with Crippen molar-refractivity contribution in [1.82, 2.24) is 10.2 Å². The molecule has 2 aromatic rings. The Morgan fingerprint density at radius 1 is 1.29 bits per heavy atom. The number of nitrogens with one attached hydrogen (secondary N) is 1. The SMILES string of the molecule is CC1(C)COB(c2ccc3cn[nH]c3c2)OC1. The summed E-state index contributed by atoms with van der Waals surface area (Å²) in [5, 5.41) is 8.06. The Hall–Kier alpha value is -1.33. The normalized spacial score (nSPS) is 19.8. The number of fused-ring (bicyclic) bond motifs is 1. The van der Waals surface area contributed by atoms with Crippen LogP contribution in [0, 0.1) is 5.41 Å². The molecule has 0 aliphatic carbocycles. The number of H-pyrrole nitrogens is 1. The molecule has 0 radical (unpaired) electrons. The Morgan fingerprint density at radius 3 is 2.82 bits per heavy atom. The van der Waals surface area contributed by atoms with Gasteiger partial charge < -0.3 is 9.31 Å². The fraction of sp³-hybridized carbons (Fsp3) is 0.417. The number of hydrogen-bond acceptors (Lipinski definition) is 3. The van der Waals surface area contributed by atoms with Crippen LogP contribution < -0.4 is 5.46 Å². The first kappa shape index (κ1) is 10.8. The van der Waals surface area contributed by atoms with Crippen molar-refractivity contribution in [3.63, 3.8) is 0 Å². The highest BCUT2D eigenvalue weighted by Crippen LogP contribution is 2.21. The van der Waals surface area contributed by atoms with Crippen LogP contribution >= 0.6 is 0 Å². The van der Waals surface area contributed by atoms with Crippen LogP contribution in [0.1, 0.15) is 13.8 Å². The molecule has 4 nitrogen and oxygen atoms in total. The Labute approximate surface area is 100 Å². The molecule has 0 atom stereocenters. The number of nitrogens with zero attached hydrogens (tertiary/aromatic N) is 1. The highest BCUT2D eigenvalue weighted by molar-refractivity contribution is 6.61. The molecule has 0 bridgehead atoms. The van der Waals surface area contributed by atoms with E-state index in [2.05, 4.69) is 24.0 Å². The van der Waals surface area contributed by atoms with E-state index in [1.807, 2.05) is 24.4 Å². The van der Waals surface area contributed by atoms with Gasteiger partial charge in [-0.25, -0.2) is 0 Å². The number of benzene rings is 1. The molecule has 0 amide bonds. The molecule has 0 saturated carbocycles. The third-order valence-corrected chi connectivity index (χ3v) is 2.99. The quantitative estimate of drug-likeness (QED) is 0.752. The summed E-state index contributed by atoms with van der Waals surface area (Å²) >= 11 is 0. The van der Waals surface area contributed by atoms with Crippen LogP contribution in [0.25, 0.3) is 10.9 Å². The zero-order chi connectivity index (χ0) is 11.9. The average Bonchev–Trinajstić information content (AvgIpc) is 2.76. The molecule has 1 aromatic heterocycles. The minimum absolute atomic E-state index is 0.106. The lowest BCUT2D eigenvalue weighted by Crippen LogP contribution is -2.47. The summed E-state index contributed by atoms with van der Waals surface area (Å²) in [5.74, 6) is 0. The third-order valence-electron chi connectivity index (χ3n) is 2.99. The van der Waals surface area contributed by atoms with Crippen LogP contribution in [0.4, 0.5) is 0 Å². The lowest BCUT2D eigenvalue weighted by Gasteiger charge is -2.33. The van der Waals surface area contributed by atoms with E-state index in [1.165, 1.54) is 0 Å². The summed E-state index contributed by atoms with van der Waals surface area (Å²) in [6.07, 6.45) is 1.81. The molecular weight excluding hydrogens is 215 g/mol. The van der Waals surface area contributed by atoms with Gasteiger partial charge in [-0.15, -0.1) is 0 Å². The standard InChI is InChI=1S/C12H15BN2O2/c1-12(2)7-16-13(17-8-12)10-4-3-9-6-14-15-11(9)5-10/h3-6H,7-8H2,1-2H3,(H,14,15). The second kappa shape index (κ2) is 3.86. The molecular formula is C12H15BN2O2. The van der Waals surface area contributed by atoms with Gasteiger partial charge in [0.15, 0.2) is 0 Å². The van der Waals surface area contributed by atoms with Crippen molar-refractivity contribution in [3.05, 3.63) is 24.4 Å². The fourth-order valence-electron chi connectivity index (χ4n) is 1.99. The summed E-state index contributed by atoms with van der Waals surface area (Å²) < 4.78 is 11.5. The number of hydrogen-bond donors (Lipinski definition) is 1. The molecule has 1 saturated heterocycles. The van der Waals surface area contributed by atoms with Crippen molar-refractivity contribution < 1.29 is 9.31 Å². The van der Waals surface area contributed by atoms with Crippen molar-refractivity contribution >= 4 is 23.5 Å². The monoisotopic (exact) mass is 230 g/mol. The molecule has 2 heterocycles. The van der Waals surface area contributed by atoms with Gasteiger partial charge in [-0.1, -0.05) is 26.0 Å². The lowest BCUT2D eigenvalue weighted by molar-refractivity contribution is 0.0343. The molecule has 1 fully saturated rings. The minimum Gasteiger partial charge on any atom is -0.407 e. The van der Waals surface area contributed by atoms with Crippen LogP contribution in [0.2, 0.25) is 0 Å². The van der Waals surface area contributed by atoms with E-state index in [4.69, 9.17) is 9.31 Å². The second-order valence-electron chi connectivity index (χ2n) is 5.33. The van der Waals surface area contributed by atoms with Crippen LogP contribution in [0.15, 0.2) is 24.4 Å². The predicted octanol–water partition coefficient (Wildman–Crippen LogP) is 1.33. The van der Waals surface area contributed by atoms with Gasteiger partial charge in [0.25, 0.3) is 0 Å². The first-order chi connectivity index (χ1) is 8.14. The smallest absolute Gasteiger partial charge is 0.407 e. The van der Waals surface area contributed by atoms with Gasteiger partial charge in [0.1, 0.15) is 0 Å². The average molecular weight is 230 g/mol. The molecule has 1 N–H and O–H groups in total. The molecule has 1 aliphatic rings. The summed E-state index contributed by atoms with van der Waals surface area (Å²) in [4.78, 5) is 0. The highest BCUT2D eigenvalue weighted by Gasteiger charge is 2.33. The van der Waals surface area contributed by atoms with Gasteiger partial charge in [-0.3, -0.25) is 5.10 Å². The topological polar surface area (TPSA) is 47.1 Å². The summed E-state index contributed by atoms with van der Waals surface area (Å²) in [6.45, 7) is 5.72.